The summed E-state index contributed by atoms with van der Waals surface area (Å²) in [5.74, 6) is -0.676. The van der Waals surface area contributed by atoms with E-state index in [0.717, 1.165) is 11.1 Å². The van der Waals surface area contributed by atoms with Gasteiger partial charge in [0.15, 0.2) is 0 Å². The number of halogens is 3. The van der Waals surface area contributed by atoms with Crippen LogP contribution in [0.25, 0.3) is 0 Å². The average molecular weight is 558 g/mol. The lowest BCUT2D eigenvalue weighted by Gasteiger charge is -2.35. The van der Waals surface area contributed by atoms with Crippen molar-refractivity contribution >= 4 is 40.6 Å². The van der Waals surface area contributed by atoms with Crippen LogP contribution in [0.3, 0.4) is 0 Å². The molecule has 0 saturated carbocycles. The van der Waals surface area contributed by atoms with Crippen molar-refractivity contribution in [1.82, 2.24) is 5.32 Å². The summed E-state index contributed by atoms with van der Waals surface area (Å²) >= 11 is 18.9. The zero-order chi connectivity index (χ0) is 26.6. The predicted octanol–water partition coefficient (Wildman–Crippen LogP) is 6.00. The van der Waals surface area contributed by atoms with Gasteiger partial charge in [0.05, 0.1) is 30.9 Å². The number of nitrogens with one attached hydrogen (secondary N) is 1. The Hall–Kier alpha value is -2.43. The predicted molar refractivity (Wildman–Crippen MR) is 146 cm³/mol. The van der Waals surface area contributed by atoms with E-state index >= 15 is 0 Å². The third-order valence-corrected chi connectivity index (χ3v) is 7.76. The molecular formula is C29H27Cl3N2O3. The lowest BCUT2D eigenvalue weighted by Crippen LogP contribution is -2.37. The minimum atomic E-state index is -1.20. The lowest BCUT2D eigenvalue weighted by atomic mass is 9.63. The van der Waals surface area contributed by atoms with Gasteiger partial charge in [-0.25, -0.2) is 0 Å². The van der Waals surface area contributed by atoms with Crippen molar-refractivity contribution in [1.29, 1.82) is 5.26 Å². The summed E-state index contributed by atoms with van der Waals surface area (Å²) in [5, 5.41) is 34.9. The standard InChI is InChI=1S/C29H27Cl3N2O3/c30-21-12-10-20(11-13-21)29(17-33)26(18-4-1-6-22(31)14-18)27(25(37)9-3-8-24(36)16-35)34-28(29)19-5-2-7-23(32)15-19/h1-2,4-7,10-15,24,26-28,34-36H,3,8-9,16H2/t24-,26-,27-,28-,29+/m0/s1. The first-order valence-corrected chi connectivity index (χ1v) is 13.2. The van der Waals surface area contributed by atoms with Crippen LogP contribution in [0.1, 0.15) is 47.9 Å². The highest BCUT2D eigenvalue weighted by atomic mass is 35.5. The number of aliphatic hydroxyl groups is 2. The van der Waals surface area contributed by atoms with Crippen molar-refractivity contribution in [2.75, 3.05) is 6.61 Å². The lowest BCUT2D eigenvalue weighted by molar-refractivity contribution is -0.121. The first-order valence-electron chi connectivity index (χ1n) is 12.1. The molecule has 0 amide bonds. The Morgan fingerprint density at radius 3 is 2.19 bits per heavy atom. The highest BCUT2D eigenvalue weighted by Crippen LogP contribution is 2.55. The SMILES string of the molecule is N#C[C@]1(c2ccc(Cl)cc2)[C@H](c2cccc(Cl)c2)N[C@@H](C(=O)CCC[C@H](O)CO)[C@@H]1c1cccc(Cl)c1. The number of aliphatic hydroxyl groups excluding tert-OH is 2. The molecule has 0 aromatic heterocycles. The van der Waals surface area contributed by atoms with E-state index in [0.29, 0.717) is 33.5 Å². The number of ketones is 1. The molecule has 0 radical (unpaired) electrons. The van der Waals surface area contributed by atoms with Gasteiger partial charge in [0.25, 0.3) is 0 Å². The largest absolute Gasteiger partial charge is 0.394 e. The summed E-state index contributed by atoms with van der Waals surface area (Å²) in [6.07, 6.45) is 0.00812. The number of nitriles is 1. The molecule has 1 aliphatic rings. The molecule has 0 spiro atoms. The van der Waals surface area contributed by atoms with Gasteiger partial charge in [-0.05, 0) is 65.9 Å². The van der Waals surface area contributed by atoms with E-state index in [4.69, 9.17) is 39.9 Å². The van der Waals surface area contributed by atoms with Gasteiger partial charge in [0, 0.05) is 27.4 Å². The van der Waals surface area contributed by atoms with E-state index in [-0.39, 0.29) is 18.8 Å². The zero-order valence-electron chi connectivity index (χ0n) is 19.9. The van der Waals surface area contributed by atoms with Gasteiger partial charge in [-0.1, -0.05) is 71.2 Å². The fourth-order valence-corrected chi connectivity index (χ4v) is 5.88. The third-order valence-electron chi connectivity index (χ3n) is 7.04. The van der Waals surface area contributed by atoms with Crippen LogP contribution >= 0.6 is 34.8 Å². The van der Waals surface area contributed by atoms with Crippen molar-refractivity contribution < 1.29 is 15.0 Å². The number of Topliss-reactive ketones (excluding diaryl/α,β-unsaturated/α-hetero) is 1. The van der Waals surface area contributed by atoms with Gasteiger partial charge >= 0.3 is 0 Å². The number of carbonyl (C=O) groups is 1. The number of hydrogen-bond acceptors (Lipinski definition) is 5. The summed E-state index contributed by atoms with van der Waals surface area (Å²) in [4.78, 5) is 13.7. The molecule has 0 bridgehead atoms. The Morgan fingerprint density at radius 2 is 1.59 bits per heavy atom. The molecular weight excluding hydrogens is 531 g/mol. The molecule has 1 heterocycles. The Balaban J connectivity index is 1.89. The summed E-state index contributed by atoms with van der Waals surface area (Å²) in [5.41, 5.74) is 1.05. The highest BCUT2D eigenvalue weighted by molar-refractivity contribution is 6.31. The van der Waals surface area contributed by atoms with Crippen LogP contribution < -0.4 is 5.32 Å². The molecule has 1 fully saturated rings. The quantitative estimate of drug-likeness (QED) is 0.300. The summed E-state index contributed by atoms with van der Waals surface area (Å²) in [7, 11) is 0. The Bertz CT molecular complexity index is 1290. The summed E-state index contributed by atoms with van der Waals surface area (Å²) in [6, 6.07) is 23.0. The fraction of sp³-hybridized carbons (Fsp3) is 0.310. The average Bonchev–Trinajstić information content (AvgIpc) is 3.25. The van der Waals surface area contributed by atoms with E-state index < -0.39 is 29.5 Å². The maximum atomic E-state index is 13.7. The van der Waals surface area contributed by atoms with Crippen molar-refractivity contribution in [2.24, 2.45) is 0 Å². The first kappa shape index (κ1) is 27.6. The van der Waals surface area contributed by atoms with Crippen LogP contribution in [0.4, 0.5) is 0 Å². The molecule has 1 aliphatic heterocycles. The molecule has 3 aromatic carbocycles. The second-order valence-electron chi connectivity index (χ2n) is 9.35. The van der Waals surface area contributed by atoms with Gasteiger partial charge < -0.3 is 10.2 Å². The topological polar surface area (TPSA) is 93.4 Å². The first-order chi connectivity index (χ1) is 17.8. The summed E-state index contributed by atoms with van der Waals surface area (Å²) in [6.45, 7) is -0.355. The fourth-order valence-electron chi connectivity index (χ4n) is 5.36. The van der Waals surface area contributed by atoms with Crippen LogP contribution in [0.15, 0.2) is 72.8 Å². The summed E-state index contributed by atoms with van der Waals surface area (Å²) < 4.78 is 0. The van der Waals surface area contributed by atoms with Crippen LogP contribution in [-0.2, 0) is 10.2 Å². The minimum absolute atomic E-state index is 0.0896. The second-order valence-corrected chi connectivity index (χ2v) is 10.7. The van der Waals surface area contributed by atoms with Crippen LogP contribution in [0.2, 0.25) is 15.1 Å². The zero-order valence-corrected chi connectivity index (χ0v) is 22.2. The van der Waals surface area contributed by atoms with E-state index in [2.05, 4.69) is 11.4 Å². The highest BCUT2D eigenvalue weighted by Gasteiger charge is 2.59. The molecule has 1 saturated heterocycles. The van der Waals surface area contributed by atoms with Crippen LogP contribution in [0.5, 0.6) is 0 Å². The molecule has 3 N–H and O–H groups in total. The monoisotopic (exact) mass is 556 g/mol. The normalized spacial score (nSPS) is 23.9. The van der Waals surface area contributed by atoms with E-state index in [1.165, 1.54) is 0 Å². The van der Waals surface area contributed by atoms with Crippen LogP contribution in [0, 0.1) is 11.3 Å². The molecule has 8 heteroatoms. The third kappa shape index (κ3) is 5.71. The number of rotatable bonds is 9. The smallest absolute Gasteiger partial charge is 0.150 e. The molecule has 0 unspecified atom stereocenters. The Labute approximate surface area is 231 Å². The number of hydrogen-bond donors (Lipinski definition) is 3. The number of carbonyl (C=O) groups excluding carboxylic acids is 1. The van der Waals surface area contributed by atoms with Gasteiger partial charge in [0.2, 0.25) is 0 Å². The number of benzene rings is 3. The van der Waals surface area contributed by atoms with Gasteiger partial charge in [0.1, 0.15) is 11.2 Å². The van der Waals surface area contributed by atoms with Crippen molar-refractivity contribution in [2.45, 2.75) is 48.8 Å². The molecule has 5 nitrogen and oxygen atoms in total. The van der Waals surface area contributed by atoms with E-state index in [1.807, 2.05) is 36.4 Å². The van der Waals surface area contributed by atoms with E-state index in [9.17, 15) is 15.2 Å². The molecule has 3 aromatic rings. The second kappa shape index (κ2) is 12.0. The molecule has 5 atom stereocenters. The maximum absolute atomic E-state index is 13.7. The van der Waals surface area contributed by atoms with Gasteiger partial charge in [-0.2, -0.15) is 5.26 Å². The molecule has 4 rings (SSSR count). The minimum Gasteiger partial charge on any atom is -0.394 e. The Kier molecular flexibility index (Phi) is 8.92. The molecule has 192 valence electrons. The van der Waals surface area contributed by atoms with Gasteiger partial charge in [-0.3, -0.25) is 10.1 Å². The van der Waals surface area contributed by atoms with E-state index in [1.54, 1.807) is 36.4 Å². The number of nitrogens with zero attached hydrogens (tertiary/aromatic N) is 1. The van der Waals surface area contributed by atoms with Crippen molar-refractivity contribution in [3.05, 3.63) is 105 Å². The van der Waals surface area contributed by atoms with Crippen LogP contribution in [-0.4, -0.2) is 34.7 Å². The van der Waals surface area contributed by atoms with Crippen molar-refractivity contribution in [3.8, 4) is 6.07 Å². The molecule has 37 heavy (non-hydrogen) atoms. The van der Waals surface area contributed by atoms with Crippen molar-refractivity contribution in [3.63, 3.8) is 0 Å². The molecule has 0 aliphatic carbocycles. The van der Waals surface area contributed by atoms with Gasteiger partial charge in [-0.15, -0.1) is 0 Å². The Morgan fingerprint density at radius 1 is 0.973 bits per heavy atom. The maximum Gasteiger partial charge on any atom is 0.150 e.